The van der Waals surface area contributed by atoms with Crippen LogP contribution in [0.1, 0.15) is 61.9 Å². The molecule has 176 valence electrons. The van der Waals surface area contributed by atoms with E-state index in [2.05, 4.69) is 45.0 Å². The average Bonchev–Trinajstić information content (AvgIpc) is 3.14. The Hall–Kier alpha value is -2.67. The summed E-state index contributed by atoms with van der Waals surface area (Å²) in [6.07, 6.45) is 3.91. The predicted octanol–water partition coefficient (Wildman–Crippen LogP) is 4.85. The summed E-state index contributed by atoms with van der Waals surface area (Å²) in [6.45, 7) is 6.24. The number of rotatable bonds is 7. The molecule has 2 fully saturated rings. The van der Waals surface area contributed by atoms with Crippen LogP contribution in [0.5, 0.6) is 0 Å². The quantitative estimate of drug-likeness (QED) is 0.490. The number of carbonyl (C=O) groups is 2. The van der Waals surface area contributed by atoms with Gasteiger partial charge in [0.1, 0.15) is 4.60 Å². The van der Waals surface area contributed by atoms with Gasteiger partial charge in [0.15, 0.2) is 5.78 Å². The predicted molar refractivity (Wildman–Crippen MR) is 136 cm³/mol. The molecule has 1 aromatic heterocycles. The molecule has 0 N–H and O–H groups in total. The number of aryl methyl sites for hydroxylation is 1. The molecule has 5 rings (SSSR count). The zero-order valence-corrected chi connectivity index (χ0v) is 21.4. The van der Waals surface area contributed by atoms with Gasteiger partial charge in [0.25, 0.3) is 0 Å². The third-order valence-electron chi connectivity index (χ3n) is 7.51. The van der Waals surface area contributed by atoms with Crippen molar-refractivity contribution >= 4 is 39.0 Å². The van der Waals surface area contributed by atoms with Crippen molar-refractivity contribution in [3.8, 4) is 0 Å². The van der Waals surface area contributed by atoms with Crippen molar-refractivity contribution in [2.45, 2.75) is 71.4 Å². The molecule has 2 aromatic rings. The number of benzene rings is 1. The minimum absolute atomic E-state index is 0.0273. The van der Waals surface area contributed by atoms with E-state index in [1.807, 2.05) is 48.2 Å². The van der Waals surface area contributed by atoms with E-state index in [-0.39, 0.29) is 42.0 Å². The van der Waals surface area contributed by atoms with E-state index in [0.717, 1.165) is 64.1 Å². The lowest BCUT2D eigenvalue weighted by Gasteiger charge is -2.27. The number of carbonyl (C=O) groups excluding carboxylic acids is 2. The van der Waals surface area contributed by atoms with E-state index >= 15 is 0 Å². The molecule has 1 aliphatic carbocycles. The van der Waals surface area contributed by atoms with Gasteiger partial charge in [0, 0.05) is 18.2 Å². The highest BCUT2D eigenvalue weighted by Gasteiger charge is 2.63. The minimum atomic E-state index is -0.376. The lowest BCUT2D eigenvalue weighted by Crippen LogP contribution is -2.44. The average molecular weight is 521 g/mol. The highest BCUT2D eigenvalue weighted by Crippen LogP contribution is 2.59. The molecule has 1 aromatic carbocycles. The Morgan fingerprint density at radius 2 is 1.97 bits per heavy atom. The van der Waals surface area contributed by atoms with Gasteiger partial charge in [0.2, 0.25) is 5.91 Å². The van der Waals surface area contributed by atoms with Crippen molar-refractivity contribution in [3.05, 3.63) is 63.4 Å². The number of fused-ring (bicyclic) bond motifs is 1. The first-order chi connectivity index (χ1) is 16.3. The van der Waals surface area contributed by atoms with E-state index in [1.165, 1.54) is 0 Å². The fourth-order valence-corrected chi connectivity index (χ4v) is 5.64. The van der Waals surface area contributed by atoms with Crippen LogP contribution in [0.3, 0.4) is 0 Å². The van der Waals surface area contributed by atoms with Crippen LogP contribution >= 0.6 is 15.9 Å². The third-order valence-corrected chi connectivity index (χ3v) is 7.95. The number of ketones is 1. The number of aromatic nitrogens is 1. The van der Waals surface area contributed by atoms with Crippen LogP contribution in [0, 0.1) is 12.3 Å². The van der Waals surface area contributed by atoms with Crippen LogP contribution < -0.4 is 0 Å². The Bertz CT molecular complexity index is 1240. The summed E-state index contributed by atoms with van der Waals surface area (Å²) >= 11 is 3.40. The maximum absolute atomic E-state index is 13.5. The van der Waals surface area contributed by atoms with E-state index in [1.54, 1.807) is 0 Å². The van der Waals surface area contributed by atoms with Crippen molar-refractivity contribution in [2.24, 2.45) is 15.6 Å². The summed E-state index contributed by atoms with van der Waals surface area (Å²) in [5.41, 5.74) is 5.82. The van der Waals surface area contributed by atoms with Crippen LogP contribution in [0.2, 0.25) is 0 Å². The first-order valence-electron chi connectivity index (χ1n) is 11.9. The fraction of sp³-hybridized carbons (Fsp3) is 0.444. The molecular formula is C27H29BrN4O2. The molecular weight excluding hydrogens is 492 g/mol. The number of halogens is 1. The van der Waals surface area contributed by atoms with Gasteiger partial charge in [-0.25, -0.2) is 4.98 Å². The van der Waals surface area contributed by atoms with Crippen LogP contribution in [0.4, 0.5) is 0 Å². The Kier molecular flexibility index (Phi) is 6.00. The third kappa shape index (κ3) is 4.38. The number of Topliss-reactive ketones (excluding diaryl/α,β-unsaturated/α-hetero) is 1. The Morgan fingerprint density at radius 3 is 2.74 bits per heavy atom. The molecule has 1 saturated heterocycles. The summed E-state index contributed by atoms with van der Waals surface area (Å²) < 4.78 is 0.721. The van der Waals surface area contributed by atoms with Crippen LogP contribution in [-0.2, 0) is 22.4 Å². The van der Waals surface area contributed by atoms with Crippen molar-refractivity contribution < 1.29 is 9.59 Å². The molecule has 0 spiro atoms. The van der Waals surface area contributed by atoms with E-state index < -0.39 is 0 Å². The lowest BCUT2D eigenvalue weighted by atomic mass is 9.96. The molecule has 7 heteroatoms. The monoisotopic (exact) mass is 520 g/mol. The van der Waals surface area contributed by atoms with Gasteiger partial charge in [-0.05, 0) is 76.4 Å². The summed E-state index contributed by atoms with van der Waals surface area (Å²) in [5, 5.41) is 8.58. The topological polar surface area (TPSA) is 75.0 Å². The first kappa shape index (κ1) is 23.1. The SMILES string of the molecule is CCC1=NN=C(c2cccc(CC(=O)N3[C@H](C(=O)Cc4nc(Br)ccc4C)C[C@@]4(C)C[C@@H]34)c2)C1. The van der Waals surface area contributed by atoms with E-state index in [4.69, 9.17) is 0 Å². The van der Waals surface area contributed by atoms with Gasteiger partial charge < -0.3 is 4.90 Å². The number of piperidine rings is 1. The number of pyridine rings is 1. The van der Waals surface area contributed by atoms with Crippen molar-refractivity contribution in [1.82, 2.24) is 9.88 Å². The maximum atomic E-state index is 13.5. The van der Waals surface area contributed by atoms with Crippen molar-refractivity contribution in [2.75, 3.05) is 0 Å². The molecule has 1 amide bonds. The first-order valence-corrected chi connectivity index (χ1v) is 12.7. The van der Waals surface area contributed by atoms with Crippen molar-refractivity contribution in [1.29, 1.82) is 0 Å². The Balaban J connectivity index is 1.31. The number of hydrogen-bond donors (Lipinski definition) is 0. The Labute approximate surface area is 208 Å². The summed E-state index contributed by atoms with van der Waals surface area (Å²) in [4.78, 5) is 33.3. The van der Waals surface area contributed by atoms with Gasteiger partial charge in [-0.15, -0.1) is 0 Å². The lowest BCUT2D eigenvalue weighted by molar-refractivity contribution is -0.138. The normalized spacial score (nSPS) is 25.1. The molecule has 0 bridgehead atoms. The molecule has 1 saturated carbocycles. The van der Waals surface area contributed by atoms with Crippen LogP contribution in [0.25, 0.3) is 0 Å². The number of hydrogen-bond acceptors (Lipinski definition) is 5. The second-order valence-corrected chi connectivity index (χ2v) is 10.9. The zero-order valence-electron chi connectivity index (χ0n) is 19.8. The van der Waals surface area contributed by atoms with Crippen LogP contribution in [-0.4, -0.2) is 45.1 Å². The standard InChI is InChI=1S/C27H29BrN4O2/c1-4-19-12-21(31-30-19)18-7-5-6-17(10-18)11-26(34)32-22(14-27(3)15-24(27)32)23(33)13-20-16(2)8-9-25(28)29-20/h5-10,22,24H,4,11-15H2,1-3H3/t22-,24+,27-/m0/s1. The largest absolute Gasteiger partial charge is 0.329 e. The molecule has 3 heterocycles. The van der Waals surface area contributed by atoms with Gasteiger partial charge >= 0.3 is 0 Å². The van der Waals surface area contributed by atoms with Crippen molar-refractivity contribution in [3.63, 3.8) is 0 Å². The van der Waals surface area contributed by atoms with Gasteiger partial charge in [-0.3, -0.25) is 9.59 Å². The molecule has 2 aliphatic heterocycles. The zero-order chi connectivity index (χ0) is 24.0. The molecule has 3 atom stereocenters. The molecule has 34 heavy (non-hydrogen) atoms. The summed E-state index contributed by atoms with van der Waals surface area (Å²) in [5.74, 6) is 0.105. The number of likely N-dealkylation sites (tertiary alicyclic amines) is 1. The second kappa shape index (κ2) is 8.84. The number of nitrogens with zero attached hydrogens (tertiary/aromatic N) is 4. The van der Waals surface area contributed by atoms with Gasteiger partial charge in [0.05, 0.1) is 30.3 Å². The Morgan fingerprint density at radius 1 is 1.15 bits per heavy atom. The highest BCUT2D eigenvalue weighted by molar-refractivity contribution is 9.10. The molecule has 6 nitrogen and oxygen atoms in total. The molecule has 0 unspecified atom stereocenters. The van der Waals surface area contributed by atoms with E-state index in [9.17, 15) is 9.59 Å². The van der Waals surface area contributed by atoms with Gasteiger partial charge in [-0.2, -0.15) is 10.2 Å². The summed E-state index contributed by atoms with van der Waals surface area (Å²) in [6, 6.07) is 11.6. The van der Waals surface area contributed by atoms with E-state index in [0.29, 0.717) is 0 Å². The summed E-state index contributed by atoms with van der Waals surface area (Å²) in [7, 11) is 0. The smallest absolute Gasteiger partial charge is 0.227 e. The minimum Gasteiger partial charge on any atom is -0.329 e. The maximum Gasteiger partial charge on any atom is 0.227 e. The molecule has 3 aliphatic rings. The number of amides is 1. The molecule has 0 radical (unpaired) electrons. The van der Waals surface area contributed by atoms with Gasteiger partial charge in [-0.1, -0.05) is 38.1 Å². The second-order valence-electron chi connectivity index (χ2n) is 10.1. The van der Waals surface area contributed by atoms with Crippen LogP contribution in [0.15, 0.2) is 51.2 Å². The fourth-order valence-electron chi connectivity index (χ4n) is 5.29. The highest BCUT2D eigenvalue weighted by atomic mass is 79.9.